The number of halogens is 1. The molecule has 1 amide bonds. The number of carbonyl (C=O) groups is 1. The number of nitrogens with two attached hydrogens (primary N) is 1. The molecule has 0 fully saturated rings. The maximum atomic E-state index is 13.0. The lowest BCUT2D eigenvalue weighted by atomic mass is 10.2. The molecule has 0 aromatic heterocycles. The molecule has 0 saturated carbocycles. The predicted molar refractivity (Wildman–Crippen MR) is 81.4 cm³/mol. The highest BCUT2D eigenvalue weighted by atomic mass is 32.2. The van der Waals surface area contributed by atoms with Gasteiger partial charge in [-0.25, -0.2) is 4.39 Å². The van der Waals surface area contributed by atoms with Gasteiger partial charge in [-0.3, -0.25) is 4.79 Å². The summed E-state index contributed by atoms with van der Waals surface area (Å²) in [7, 11) is 1.71. The highest BCUT2D eigenvalue weighted by molar-refractivity contribution is 8.00. The molecule has 0 spiro atoms. The van der Waals surface area contributed by atoms with Crippen LogP contribution in [0.3, 0.4) is 0 Å². The number of carbonyl (C=O) groups excluding carboxylic acids is 1. The molecule has 0 radical (unpaired) electrons. The van der Waals surface area contributed by atoms with Gasteiger partial charge in [0.05, 0.1) is 5.75 Å². The topological polar surface area (TPSA) is 46.3 Å². The number of rotatable bonds is 4. The third-order valence-corrected chi connectivity index (χ3v) is 3.79. The quantitative estimate of drug-likeness (QED) is 0.695. The molecule has 0 aliphatic heterocycles. The first-order valence-corrected chi connectivity index (χ1v) is 7.05. The maximum absolute atomic E-state index is 13.0. The third kappa shape index (κ3) is 3.74. The van der Waals surface area contributed by atoms with Crippen molar-refractivity contribution in [3.05, 3.63) is 54.3 Å². The highest BCUT2D eigenvalue weighted by Crippen LogP contribution is 2.21. The Bertz CT molecular complexity index is 601. The second kappa shape index (κ2) is 6.43. The summed E-state index contributed by atoms with van der Waals surface area (Å²) in [6.45, 7) is 0. The van der Waals surface area contributed by atoms with Gasteiger partial charge in [0.15, 0.2) is 0 Å². The minimum atomic E-state index is -0.297. The monoisotopic (exact) mass is 290 g/mol. The second-order valence-electron chi connectivity index (χ2n) is 4.29. The average Bonchev–Trinajstić information content (AvgIpc) is 2.45. The summed E-state index contributed by atoms with van der Waals surface area (Å²) in [6, 6.07) is 13.3. The van der Waals surface area contributed by atoms with E-state index in [9.17, 15) is 9.18 Å². The van der Waals surface area contributed by atoms with Crippen LogP contribution >= 0.6 is 11.8 Å². The Hall–Kier alpha value is -2.01. The van der Waals surface area contributed by atoms with E-state index in [4.69, 9.17) is 5.73 Å². The Morgan fingerprint density at radius 2 is 1.95 bits per heavy atom. The van der Waals surface area contributed by atoms with E-state index in [0.717, 1.165) is 10.6 Å². The minimum absolute atomic E-state index is 0.0518. The molecule has 3 nitrogen and oxygen atoms in total. The largest absolute Gasteiger partial charge is 0.399 e. The SMILES string of the molecule is CN(C(=O)CSc1cccc(F)c1)c1ccc(N)cc1. The van der Waals surface area contributed by atoms with Crippen molar-refractivity contribution >= 4 is 29.0 Å². The molecule has 20 heavy (non-hydrogen) atoms. The zero-order valence-electron chi connectivity index (χ0n) is 11.0. The van der Waals surface area contributed by atoms with Crippen molar-refractivity contribution in [3.8, 4) is 0 Å². The number of benzene rings is 2. The van der Waals surface area contributed by atoms with Gasteiger partial charge in [0, 0.05) is 23.3 Å². The molecule has 2 N–H and O–H groups in total. The molecular weight excluding hydrogens is 275 g/mol. The van der Waals surface area contributed by atoms with Crippen molar-refractivity contribution in [1.29, 1.82) is 0 Å². The van der Waals surface area contributed by atoms with Crippen molar-refractivity contribution in [3.63, 3.8) is 0 Å². The van der Waals surface area contributed by atoms with Crippen LogP contribution in [-0.4, -0.2) is 18.7 Å². The normalized spacial score (nSPS) is 10.3. The summed E-state index contributed by atoms with van der Waals surface area (Å²) in [5.41, 5.74) is 7.05. The summed E-state index contributed by atoms with van der Waals surface area (Å²) >= 11 is 1.31. The Morgan fingerprint density at radius 3 is 2.60 bits per heavy atom. The second-order valence-corrected chi connectivity index (χ2v) is 5.34. The summed E-state index contributed by atoms with van der Waals surface area (Å²) in [6.07, 6.45) is 0. The lowest BCUT2D eigenvalue weighted by molar-refractivity contribution is -0.115. The van der Waals surface area contributed by atoms with E-state index >= 15 is 0 Å². The predicted octanol–water partition coefficient (Wildman–Crippen LogP) is 3.16. The lowest BCUT2D eigenvalue weighted by Crippen LogP contribution is -2.27. The van der Waals surface area contributed by atoms with Crippen LogP contribution in [0.15, 0.2) is 53.4 Å². The van der Waals surface area contributed by atoms with Crippen LogP contribution in [0, 0.1) is 5.82 Å². The summed E-state index contributed by atoms with van der Waals surface area (Å²) in [4.78, 5) is 14.4. The van der Waals surface area contributed by atoms with E-state index < -0.39 is 0 Å². The lowest BCUT2D eigenvalue weighted by Gasteiger charge is -2.17. The molecular formula is C15H15FN2OS. The molecule has 0 saturated heterocycles. The molecule has 0 unspecified atom stereocenters. The van der Waals surface area contributed by atoms with Crippen LogP contribution in [0.4, 0.5) is 15.8 Å². The molecule has 104 valence electrons. The molecule has 5 heteroatoms. The van der Waals surface area contributed by atoms with Crippen molar-refractivity contribution in [1.82, 2.24) is 0 Å². The fraction of sp³-hybridized carbons (Fsp3) is 0.133. The Balaban J connectivity index is 1.96. The van der Waals surface area contributed by atoms with Gasteiger partial charge in [-0.05, 0) is 42.5 Å². The standard InChI is InChI=1S/C15H15FN2OS/c1-18(13-7-5-12(17)6-8-13)15(19)10-20-14-4-2-3-11(16)9-14/h2-9H,10,17H2,1H3. The van der Waals surface area contributed by atoms with E-state index in [0.29, 0.717) is 5.69 Å². The van der Waals surface area contributed by atoms with Crippen LogP contribution < -0.4 is 10.6 Å². The molecule has 2 aromatic rings. The average molecular weight is 290 g/mol. The van der Waals surface area contributed by atoms with Crippen molar-refractivity contribution in [2.45, 2.75) is 4.90 Å². The van der Waals surface area contributed by atoms with Crippen LogP contribution in [-0.2, 0) is 4.79 Å². The number of hydrogen-bond donors (Lipinski definition) is 1. The van der Waals surface area contributed by atoms with Gasteiger partial charge in [-0.15, -0.1) is 11.8 Å². The number of nitrogen functional groups attached to an aromatic ring is 1. The Labute approximate surface area is 121 Å². The number of amides is 1. The molecule has 0 aliphatic rings. The molecule has 0 aliphatic carbocycles. The molecule has 2 aromatic carbocycles. The summed E-state index contributed by atoms with van der Waals surface area (Å²) in [5.74, 6) is -0.0944. The number of thioether (sulfide) groups is 1. The van der Waals surface area contributed by atoms with E-state index in [2.05, 4.69) is 0 Å². The first kappa shape index (κ1) is 14.4. The molecule has 0 atom stereocenters. The smallest absolute Gasteiger partial charge is 0.237 e. The molecule has 0 heterocycles. The van der Waals surface area contributed by atoms with Gasteiger partial charge in [0.2, 0.25) is 5.91 Å². The first-order valence-electron chi connectivity index (χ1n) is 6.07. The molecule has 0 bridgehead atoms. The molecule has 2 rings (SSSR count). The first-order chi connectivity index (χ1) is 9.56. The van der Waals surface area contributed by atoms with E-state index in [1.807, 2.05) is 0 Å². The van der Waals surface area contributed by atoms with Crippen molar-refractivity contribution < 1.29 is 9.18 Å². The highest BCUT2D eigenvalue weighted by Gasteiger charge is 2.11. The van der Waals surface area contributed by atoms with Gasteiger partial charge in [-0.1, -0.05) is 6.07 Å². The maximum Gasteiger partial charge on any atom is 0.237 e. The van der Waals surface area contributed by atoms with Gasteiger partial charge in [0.1, 0.15) is 5.82 Å². The Kier molecular flexibility index (Phi) is 4.63. The number of anilines is 2. The van der Waals surface area contributed by atoms with Gasteiger partial charge < -0.3 is 10.6 Å². The van der Waals surface area contributed by atoms with Crippen LogP contribution in [0.5, 0.6) is 0 Å². The zero-order valence-corrected chi connectivity index (χ0v) is 11.9. The van der Waals surface area contributed by atoms with Crippen molar-refractivity contribution in [2.75, 3.05) is 23.4 Å². The van der Waals surface area contributed by atoms with E-state index in [1.54, 1.807) is 48.3 Å². The van der Waals surface area contributed by atoms with Gasteiger partial charge in [0.25, 0.3) is 0 Å². The van der Waals surface area contributed by atoms with Gasteiger partial charge in [-0.2, -0.15) is 0 Å². The fourth-order valence-electron chi connectivity index (χ4n) is 1.64. The summed E-state index contributed by atoms with van der Waals surface area (Å²) < 4.78 is 13.0. The Morgan fingerprint density at radius 1 is 1.25 bits per heavy atom. The zero-order chi connectivity index (χ0) is 14.5. The minimum Gasteiger partial charge on any atom is -0.399 e. The van der Waals surface area contributed by atoms with Crippen LogP contribution in [0.2, 0.25) is 0 Å². The van der Waals surface area contributed by atoms with Crippen LogP contribution in [0.25, 0.3) is 0 Å². The fourth-order valence-corrected chi connectivity index (χ4v) is 2.50. The van der Waals surface area contributed by atoms with Crippen LogP contribution in [0.1, 0.15) is 0 Å². The summed E-state index contributed by atoms with van der Waals surface area (Å²) in [5, 5.41) is 0. The number of nitrogens with zero attached hydrogens (tertiary/aromatic N) is 1. The number of hydrogen-bond acceptors (Lipinski definition) is 3. The van der Waals surface area contributed by atoms with E-state index in [1.165, 1.54) is 23.9 Å². The third-order valence-electron chi connectivity index (χ3n) is 2.81. The van der Waals surface area contributed by atoms with Gasteiger partial charge >= 0.3 is 0 Å². The van der Waals surface area contributed by atoms with E-state index in [-0.39, 0.29) is 17.5 Å². The van der Waals surface area contributed by atoms with Crippen molar-refractivity contribution in [2.24, 2.45) is 0 Å².